The molecule has 0 bridgehead atoms. The molecule has 0 unspecified atom stereocenters. The Kier molecular flexibility index (Phi) is 7.00. The van der Waals surface area contributed by atoms with Crippen LogP contribution in [0.25, 0.3) is 0 Å². The summed E-state index contributed by atoms with van der Waals surface area (Å²) in [6, 6.07) is 9.70. The largest absolute Gasteiger partial charge is 0.388 e. The predicted octanol–water partition coefficient (Wildman–Crippen LogP) is 2.53. The average molecular weight is 330 g/mol. The van der Waals surface area contributed by atoms with E-state index in [0.717, 1.165) is 38.0 Å². The van der Waals surface area contributed by atoms with Gasteiger partial charge >= 0.3 is 0 Å². The van der Waals surface area contributed by atoms with Crippen LogP contribution in [0, 0.1) is 0 Å². The predicted molar refractivity (Wildman–Crippen MR) is 97.8 cm³/mol. The number of benzene rings is 1. The lowest BCUT2D eigenvalue weighted by Gasteiger charge is -2.27. The fourth-order valence-corrected chi connectivity index (χ4v) is 3.01. The van der Waals surface area contributed by atoms with Crippen LogP contribution in [0.15, 0.2) is 42.0 Å². The molecule has 4 nitrogen and oxygen atoms in total. The van der Waals surface area contributed by atoms with E-state index < -0.39 is 5.60 Å². The highest BCUT2D eigenvalue weighted by molar-refractivity contribution is 5.78. The van der Waals surface area contributed by atoms with Gasteiger partial charge in [-0.05, 0) is 45.2 Å². The van der Waals surface area contributed by atoms with Gasteiger partial charge in [0, 0.05) is 19.6 Å². The van der Waals surface area contributed by atoms with Crippen LogP contribution in [-0.4, -0.2) is 47.7 Å². The van der Waals surface area contributed by atoms with Crippen LogP contribution in [-0.2, 0) is 11.2 Å². The summed E-state index contributed by atoms with van der Waals surface area (Å²) in [6.07, 6.45) is 5.00. The zero-order valence-electron chi connectivity index (χ0n) is 14.9. The fraction of sp³-hybridized carbons (Fsp3) is 0.550. The number of carbonyl (C=O) groups is 1. The van der Waals surface area contributed by atoms with Crippen molar-refractivity contribution < 1.29 is 9.90 Å². The van der Waals surface area contributed by atoms with E-state index in [9.17, 15) is 9.90 Å². The van der Waals surface area contributed by atoms with Gasteiger partial charge < -0.3 is 10.4 Å². The second kappa shape index (κ2) is 9.00. The van der Waals surface area contributed by atoms with Gasteiger partial charge in [0.2, 0.25) is 5.91 Å². The van der Waals surface area contributed by atoms with Crippen molar-refractivity contribution in [2.24, 2.45) is 0 Å². The average Bonchev–Trinajstić information content (AvgIpc) is 2.74. The number of carbonyl (C=O) groups excluding carboxylic acids is 1. The summed E-state index contributed by atoms with van der Waals surface area (Å²) in [5.74, 6) is -0.0275. The second-order valence-corrected chi connectivity index (χ2v) is 7.10. The quantitative estimate of drug-likeness (QED) is 0.788. The summed E-state index contributed by atoms with van der Waals surface area (Å²) in [5, 5.41) is 13.7. The maximum absolute atomic E-state index is 12.1. The Morgan fingerprint density at radius 3 is 2.71 bits per heavy atom. The Labute approximate surface area is 145 Å². The van der Waals surface area contributed by atoms with Crippen LogP contribution in [0.5, 0.6) is 0 Å². The molecule has 1 amide bonds. The van der Waals surface area contributed by atoms with E-state index in [2.05, 4.69) is 30.1 Å². The number of allylic oxidation sites excluding steroid dienone is 1. The standard InChI is InChI=1S/C20H30N2O2/c1-17(2)9-13-22-12-6-10-20(24,11-14-22)16-21-19(23)15-18-7-4-3-5-8-18/h3-5,7-9,24H,6,10-16H2,1-2H3,(H,21,23)/t20-/m1/s1. The highest BCUT2D eigenvalue weighted by atomic mass is 16.3. The van der Waals surface area contributed by atoms with Crippen molar-refractivity contribution in [1.29, 1.82) is 0 Å². The van der Waals surface area contributed by atoms with Crippen LogP contribution in [0.2, 0.25) is 0 Å². The summed E-state index contributed by atoms with van der Waals surface area (Å²) in [6.45, 7) is 7.37. The van der Waals surface area contributed by atoms with Gasteiger partial charge in [0.15, 0.2) is 0 Å². The first-order chi connectivity index (χ1) is 11.5. The van der Waals surface area contributed by atoms with E-state index in [1.54, 1.807) is 0 Å². The minimum Gasteiger partial charge on any atom is -0.388 e. The Bertz CT molecular complexity index is 552. The van der Waals surface area contributed by atoms with Gasteiger partial charge in [-0.2, -0.15) is 0 Å². The Morgan fingerprint density at radius 2 is 2.00 bits per heavy atom. The molecule has 0 aliphatic carbocycles. The highest BCUT2D eigenvalue weighted by Gasteiger charge is 2.30. The number of aliphatic hydroxyl groups is 1. The van der Waals surface area contributed by atoms with Crippen LogP contribution in [0.3, 0.4) is 0 Å². The molecule has 1 fully saturated rings. The van der Waals surface area contributed by atoms with Gasteiger partial charge in [0.25, 0.3) is 0 Å². The first kappa shape index (κ1) is 18.7. The van der Waals surface area contributed by atoms with Crippen LogP contribution < -0.4 is 5.32 Å². The molecule has 24 heavy (non-hydrogen) atoms. The second-order valence-electron chi connectivity index (χ2n) is 7.10. The highest BCUT2D eigenvalue weighted by Crippen LogP contribution is 2.21. The number of rotatable bonds is 6. The Balaban J connectivity index is 1.79. The number of nitrogens with one attached hydrogen (secondary N) is 1. The molecule has 1 atom stereocenters. The van der Waals surface area contributed by atoms with Crippen LogP contribution in [0.1, 0.15) is 38.7 Å². The molecule has 1 aliphatic heterocycles. The SMILES string of the molecule is CC(C)=CCN1CCC[C@](O)(CNC(=O)Cc2ccccc2)CC1. The number of hydrogen-bond acceptors (Lipinski definition) is 3. The van der Waals surface area contributed by atoms with Crippen molar-refractivity contribution in [1.82, 2.24) is 10.2 Å². The Morgan fingerprint density at radius 1 is 1.25 bits per heavy atom. The molecule has 2 rings (SSSR count). The van der Waals surface area contributed by atoms with Gasteiger partial charge in [-0.15, -0.1) is 0 Å². The Hall–Kier alpha value is -1.65. The smallest absolute Gasteiger partial charge is 0.224 e. The summed E-state index contributed by atoms with van der Waals surface area (Å²) in [7, 11) is 0. The van der Waals surface area contributed by atoms with Crippen molar-refractivity contribution in [2.45, 2.75) is 45.1 Å². The molecule has 0 spiro atoms. The van der Waals surface area contributed by atoms with E-state index in [1.165, 1.54) is 5.57 Å². The maximum Gasteiger partial charge on any atom is 0.224 e. The molecule has 1 aliphatic rings. The first-order valence-electron chi connectivity index (χ1n) is 8.86. The monoisotopic (exact) mass is 330 g/mol. The molecule has 1 aromatic carbocycles. The summed E-state index contributed by atoms with van der Waals surface area (Å²) in [4.78, 5) is 14.5. The van der Waals surface area contributed by atoms with Gasteiger partial charge in [-0.1, -0.05) is 42.0 Å². The van der Waals surface area contributed by atoms with Crippen LogP contribution in [0.4, 0.5) is 0 Å². The lowest BCUT2D eigenvalue weighted by molar-refractivity contribution is -0.121. The molecule has 1 saturated heterocycles. The molecule has 2 N–H and O–H groups in total. The van der Waals surface area contributed by atoms with Crippen molar-refractivity contribution in [2.75, 3.05) is 26.2 Å². The van der Waals surface area contributed by atoms with Gasteiger partial charge in [0.1, 0.15) is 0 Å². The molecule has 4 heteroatoms. The minimum absolute atomic E-state index is 0.0275. The molecule has 132 valence electrons. The number of nitrogens with zero attached hydrogens (tertiary/aromatic N) is 1. The zero-order chi connectivity index (χ0) is 17.4. The van der Waals surface area contributed by atoms with Gasteiger partial charge in [-0.3, -0.25) is 9.69 Å². The third-order valence-corrected chi connectivity index (χ3v) is 4.59. The lowest BCUT2D eigenvalue weighted by atomic mass is 9.95. The summed E-state index contributed by atoms with van der Waals surface area (Å²) < 4.78 is 0. The fourth-order valence-electron chi connectivity index (χ4n) is 3.01. The first-order valence-corrected chi connectivity index (χ1v) is 8.86. The van der Waals surface area contributed by atoms with Crippen molar-refractivity contribution in [3.05, 3.63) is 47.5 Å². The normalized spacial score (nSPS) is 21.8. The number of amides is 1. The topological polar surface area (TPSA) is 52.6 Å². The van der Waals surface area contributed by atoms with Crippen molar-refractivity contribution in [3.63, 3.8) is 0 Å². The van der Waals surface area contributed by atoms with Crippen molar-refractivity contribution >= 4 is 5.91 Å². The van der Waals surface area contributed by atoms with E-state index in [1.807, 2.05) is 30.3 Å². The molecule has 0 aromatic heterocycles. The molecule has 0 radical (unpaired) electrons. The third kappa shape index (κ3) is 6.46. The summed E-state index contributed by atoms with van der Waals surface area (Å²) >= 11 is 0. The van der Waals surface area contributed by atoms with Gasteiger partial charge in [0.05, 0.1) is 12.0 Å². The van der Waals surface area contributed by atoms with Gasteiger partial charge in [-0.25, -0.2) is 0 Å². The minimum atomic E-state index is -0.786. The van der Waals surface area contributed by atoms with E-state index in [-0.39, 0.29) is 5.91 Å². The van der Waals surface area contributed by atoms with Crippen molar-refractivity contribution in [3.8, 4) is 0 Å². The molecule has 1 aromatic rings. The van der Waals surface area contributed by atoms with E-state index in [0.29, 0.717) is 19.4 Å². The number of hydrogen-bond donors (Lipinski definition) is 2. The number of likely N-dealkylation sites (tertiary alicyclic amines) is 1. The van der Waals surface area contributed by atoms with Crippen LogP contribution >= 0.6 is 0 Å². The third-order valence-electron chi connectivity index (χ3n) is 4.59. The van der Waals surface area contributed by atoms with E-state index in [4.69, 9.17) is 0 Å². The maximum atomic E-state index is 12.1. The molecular formula is C20H30N2O2. The zero-order valence-corrected chi connectivity index (χ0v) is 14.9. The molecule has 0 saturated carbocycles. The molecule has 1 heterocycles. The lowest BCUT2D eigenvalue weighted by Crippen LogP contribution is -2.44. The molecular weight excluding hydrogens is 300 g/mol. The summed E-state index contributed by atoms with van der Waals surface area (Å²) in [5.41, 5.74) is 1.53. The van der Waals surface area contributed by atoms with E-state index >= 15 is 0 Å².